The van der Waals surface area contributed by atoms with E-state index in [0.717, 1.165) is 11.3 Å². The summed E-state index contributed by atoms with van der Waals surface area (Å²) in [7, 11) is 2.94. The molecular weight excluding hydrogens is 1150 g/mol. The molecule has 0 unspecified atom stereocenters. The number of pyridine rings is 1. The fraction of sp³-hybridized carbons (Fsp3) is 0.314. The molecule has 23 nitrogen and oxygen atoms in total. The van der Waals surface area contributed by atoms with E-state index in [1.807, 2.05) is 13.8 Å². The summed E-state index contributed by atoms with van der Waals surface area (Å²) in [4.78, 5) is 116. The molecule has 1 aliphatic rings. The van der Waals surface area contributed by atoms with Crippen LogP contribution in [0.4, 0.5) is 10.6 Å². The maximum atomic E-state index is 14.2. The number of thiazole rings is 6. The Balaban J connectivity index is 1.12. The van der Waals surface area contributed by atoms with Crippen LogP contribution in [-0.4, -0.2) is 109 Å². The van der Waals surface area contributed by atoms with Crippen LogP contribution >= 0.6 is 68.0 Å². The van der Waals surface area contributed by atoms with Crippen molar-refractivity contribution in [3.63, 3.8) is 0 Å². The van der Waals surface area contributed by atoms with Gasteiger partial charge in [-0.2, -0.15) is 0 Å². The van der Waals surface area contributed by atoms with Crippen LogP contribution in [0.1, 0.15) is 113 Å². The van der Waals surface area contributed by atoms with Gasteiger partial charge in [0, 0.05) is 46.1 Å². The molecule has 0 fully saturated rings. The number of aliphatic hydroxyl groups excluding tert-OH is 1. The highest BCUT2D eigenvalue weighted by atomic mass is 32.1. The molecular formula is C51H52N14O9S6. The van der Waals surface area contributed by atoms with Crippen molar-refractivity contribution in [1.82, 2.24) is 61.5 Å². The van der Waals surface area contributed by atoms with Gasteiger partial charge < -0.3 is 46.9 Å². The molecule has 8 heterocycles. The van der Waals surface area contributed by atoms with Crippen molar-refractivity contribution in [2.75, 3.05) is 39.2 Å². The van der Waals surface area contributed by atoms with Gasteiger partial charge in [0.2, 0.25) is 11.8 Å². The summed E-state index contributed by atoms with van der Waals surface area (Å²) in [6.45, 7) is 5.48. The minimum absolute atomic E-state index is 0.00102. The van der Waals surface area contributed by atoms with E-state index in [1.54, 1.807) is 70.9 Å². The summed E-state index contributed by atoms with van der Waals surface area (Å²) < 4.78 is 10.6. The Hall–Kier alpha value is -7.35. The molecule has 29 heteroatoms. The standard InChI is InChI=1S/C51H52N14O9S6/c1-23(2)36-50-65-39(32(80-50)18-73-5)43(70)54-17-35(67)62-40(41(68)25-10-7-6-8-11-25)49-59-31(21-77-49)47-57-29(19-76-47)38-26(12-13-27(55-38)46-60-33(22-78-46)61-51(72)74-15-9-14-52)45-58-30(20-75-45)42(69)56-28(16-34(66)53-4)48-64-37(24(3)79-48)44(71)63-36/h6-8,10-13,19-23,28,36,40-41,68H,9,14-18,52H2,1-5H3,(H,53,66)(H,54,70)(H,56,69)(H,61,72)(H,62,67)(H,63,71)/t28-,36+,40-,41-/m0/s1. The quantitative estimate of drug-likeness (QED) is 0.0560. The highest BCUT2D eigenvalue weighted by Gasteiger charge is 2.33. The average molecular weight is 1200 g/mol. The van der Waals surface area contributed by atoms with Gasteiger partial charge in [0.05, 0.1) is 48.8 Å². The average Bonchev–Trinajstić information content (AvgIpc) is 4.37. The van der Waals surface area contributed by atoms with E-state index in [2.05, 4.69) is 46.9 Å². The van der Waals surface area contributed by atoms with Crippen molar-refractivity contribution in [1.29, 1.82) is 0 Å². The van der Waals surface area contributed by atoms with Gasteiger partial charge in [-0.3, -0.25) is 29.3 Å². The lowest BCUT2D eigenvalue weighted by molar-refractivity contribution is -0.122. The van der Waals surface area contributed by atoms with E-state index in [-0.39, 0.29) is 48.5 Å². The van der Waals surface area contributed by atoms with Gasteiger partial charge in [-0.05, 0) is 43.5 Å². The first kappa shape index (κ1) is 57.3. The van der Waals surface area contributed by atoms with Crippen LogP contribution in [0.5, 0.6) is 0 Å². The van der Waals surface area contributed by atoms with E-state index >= 15 is 0 Å². The minimum Gasteiger partial charge on any atom is -0.449 e. The Labute approximate surface area is 481 Å². The molecule has 0 spiro atoms. The van der Waals surface area contributed by atoms with Crippen molar-refractivity contribution in [2.45, 2.75) is 64.4 Å². The molecule has 416 valence electrons. The topological polar surface area (TPSA) is 330 Å². The van der Waals surface area contributed by atoms with Crippen LogP contribution in [0.25, 0.3) is 43.4 Å². The highest BCUT2D eigenvalue weighted by molar-refractivity contribution is 7.15. The molecule has 9 rings (SSSR count). The molecule has 1 aromatic carbocycles. The Morgan fingerprint density at radius 3 is 2.23 bits per heavy atom. The predicted molar refractivity (Wildman–Crippen MR) is 306 cm³/mol. The number of nitrogens with two attached hydrogens (primary N) is 1. The zero-order chi connectivity index (χ0) is 56.6. The number of methoxy groups -OCH3 is 1. The number of amides is 6. The molecule has 0 saturated heterocycles. The summed E-state index contributed by atoms with van der Waals surface area (Å²) >= 11 is 7.19. The van der Waals surface area contributed by atoms with Gasteiger partial charge in [0.15, 0.2) is 0 Å². The zero-order valence-electron chi connectivity index (χ0n) is 43.4. The van der Waals surface area contributed by atoms with Crippen molar-refractivity contribution < 1.29 is 43.3 Å². The summed E-state index contributed by atoms with van der Waals surface area (Å²) in [5.74, 6) is -2.86. The number of aromatic nitrogens is 7. The lowest BCUT2D eigenvalue weighted by Crippen LogP contribution is -2.40. The number of carbonyl (C=O) groups is 6. The molecule has 7 aromatic heterocycles. The van der Waals surface area contributed by atoms with Crippen LogP contribution < -0.4 is 37.6 Å². The maximum absolute atomic E-state index is 14.2. The van der Waals surface area contributed by atoms with Gasteiger partial charge in [-0.1, -0.05) is 44.2 Å². The second kappa shape index (κ2) is 25.8. The van der Waals surface area contributed by atoms with E-state index in [0.29, 0.717) is 86.7 Å². The van der Waals surface area contributed by atoms with Gasteiger partial charge in [0.25, 0.3) is 17.7 Å². The third-order valence-corrected chi connectivity index (χ3v) is 17.8. The molecule has 8 aromatic rings. The number of nitrogens with zero attached hydrogens (tertiary/aromatic N) is 7. The maximum Gasteiger partial charge on any atom is 0.412 e. The number of carbonyl (C=O) groups excluding carboxylic acids is 6. The fourth-order valence-corrected chi connectivity index (χ4v) is 13.5. The van der Waals surface area contributed by atoms with E-state index in [1.165, 1.54) is 70.8 Å². The Morgan fingerprint density at radius 2 is 1.46 bits per heavy atom. The minimum atomic E-state index is -1.27. The first-order chi connectivity index (χ1) is 38.6. The normalized spacial score (nSPS) is 16.5. The monoisotopic (exact) mass is 1200 g/mol. The number of benzene rings is 1. The SMILES string of the molecule is CNC(=O)C[C@@H]1NC(=O)c2csc(n2)-c2ccc(-c3nc(NC(=O)OCCCN)cs3)nc2-c2csc(n2)-c2csc(n2)[C@H]([C@@H](O)c2ccccc2)NC(=O)CNC(=O)c2nc(sc2COC)[C@@H](C(C)C)NC(=O)c2nc1sc2C. The van der Waals surface area contributed by atoms with Crippen molar-refractivity contribution in [3.05, 3.63) is 111 Å². The molecule has 80 heavy (non-hydrogen) atoms. The van der Waals surface area contributed by atoms with Gasteiger partial charge in [-0.25, -0.2) is 39.7 Å². The van der Waals surface area contributed by atoms with E-state index in [9.17, 15) is 33.9 Å². The third kappa shape index (κ3) is 13.3. The lowest BCUT2D eigenvalue weighted by atomic mass is 10.0. The first-order valence-corrected chi connectivity index (χ1v) is 29.8. The number of aliphatic hydroxyl groups is 1. The van der Waals surface area contributed by atoms with Crippen LogP contribution in [0.3, 0.4) is 0 Å². The summed E-state index contributed by atoms with van der Waals surface area (Å²) in [6, 6.07) is 9.52. The molecule has 0 saturated carbocycles. The zero-order valence-corrected chi connectivity index (χ0v) is 48.2. The van der Waals surface area contributed by atoms with E-state index in [4.69, 9.17) is 35.1 Å². The van der Waals surface area contributed by atoms with Crippen LogP contribution in [0, 0.1) is 12.8 Å². The Bertz CT molecular complexity index is 3550. The summed E-state index contributed by atoms with van der Waals surface area (Å²) in [6.07, 6.45) is -1.67. The first-order valence-electron chi connectivity index (χ1n) is 24.7. The number of hydrogen-bond acceptors (Lipinski definition) is 23. The predicted octanol–water partition coefficient (Wildman–Crippen LogP) is 7.21. The number of fused-ring (bicyclic) bond motifs is 14. The second-order valence-electron chi connectivity index (χ2n) is 18.1. The second-order valence-corrected chi connectivity index (χ2v) is 23.9. The van der Waals surface area contributed by atoms with Crippen LogP contribution in [0.2, 0.25) is 0 Å². The van der Waals surface area contributed by atoms with Gasteiger partial charge in [0.1, 0.15) is 82.2 Å². The Kier molecular flexibility index (Phi) is 18.5. The number of aryl methyl sites for hydroxylation is 1. The summed E-state index contributed by atoms with van der Waals surface area (Å²) in [5, 5.41) is 37.7. The third-order valence-electron chi connectivity index (χ3n) is 12.1. The smallest absolute Gasteiger partial charge is 0.412 e. The number of hydrogen-bond donors (Lipinski definition) is 8. The van der Waals surface area contributed by atoms with Crippen LogP contribution in [0.15, 0.2) is 64.0 Å². The molecule has 1 aliphatic heterocycles. The van der Waals surface area contributed by atoms with E-state index < -0.39 is 66.4 Å². The molecule has 6 amide bonds. The number of anilines is 1. The van der Waals surface area contributed by atoms with Crippen molar-refractivity contribution >= 4 is 109 Å². The lowest BCUT2D eigenvalue weighted by Gasteiger charge is -2.23. The van der Waals surface area contributed by atoms with Crippen molar-refractivity contribution in [2.24, 2.45) is 11.7 Å². The molecule has 9 N–H and O–H groups in total. The van der Waals surface area contributed by atoms with Crippen LogP contribution in [-0.2, 0) is 25.7 Å². The Morgan fingerprint density at radius 1 is 0.738 bits per heavy atom. The molecule has 4 atom stereocenters. The molecule has 0 radical (unpaired) electrons. The summed E-state index contributed by atoms with van der Waals surface area (Å²) in [5.41, 5.74) is 8.29. The molecule has 10 bridgehead atoms. The highest BCUT2D eigenvalue weighted by Crippen LogP contribution is 2.40. The van der Waals surface area contributed by atoms with Crippen molar-refractivity contribution in [3.8, 4) is 43.4 Å². The number of rotatable bonds is 12. The molecule has 0 aliphatic carbocycles. The largest absolute Gasteiger partial charge is 0.449 e. The number of ether oxygens (including phenoxy) is 2. The van der Waals surface area contributed by atoms with Gasteiger partial charge in [-0.15, -0.1) is 68.0 Å². The van der Waals surface area contributed by atoms with Gasteiger partial charge >= 0.3 is 6.09 Å². The fourth-order valence-electron chi connectivity index (χ4n) is 8.03. The number of nitrogens with one attached hydrogen (secondary N) is 6.